The molecule has 46 heavy (non-hydrogen) atoms. The average molecular weight is 680 g/mol. The number of ether oxygens (including phenoxy) is 2. The number of fused-ring (bicyclic) bond motifs is 2. The van der Waals surface area contributed by atoms with Gasteiger partial charge in [0.25, 0.3) is 0 Å². The first-order valence-electron chi connectivity index (χ1n) is 17.4. The van der Waals surface area contributed by atoms with Crippen LogP contribution in [0.15, 0.2) is 24.3 Å². The Labute approximate surface area is 280 Å². The molecule has 0 radical (unpaired) electrons. The van der Waals surface area contributed by atoms with E-state index in [1.54, 1.807) is 9.21 Å². The highest BCUT2D eigenvalue weighted by Crippen LogP contribution is 2.40. The van der Waals surface area contributed by atoms with Crippen molar-refractivity contribution in [3.8, 4) is 0 Å². The highest BCUT2D eigenvalue weighted by molar-refractivity contribution is 7.89. The number of rotatable bonds is 9. The van der Waals surface area contributed by atoms with Crippen LogP contribution in [0.1, 0.15) is 103 Å². The molecule has 1 unspecified atom stereocenters. The van der Waals surface area contributed by atoms with Crippen LogP contribution in [0.4, 0.5) is 4.79 Å². The van der Waals surface area contributed by atoms with E-state index >= 15 is 0 Å². The quantitative estimate of drug-likeness (QED) is 0.333. The monoisotopic (exact) mass is 679 g/mol. The number of benzene rings is 1. The summed E-state index contributed by atoms with van der Waals surface area (Å²) in [5.41, 5.74) is 7.29. The second kappa shape index (κ2) is 15.2. The lowest BCUT2D eigenvalue weighted by atomic mass is 9.71. The SMILES string of the molecule is CC(C)(C)OC(=O)N1C[C@H](CC[C@H]2CCCC[C@@H]2CC(=O)[C@@H](N)[C@@H](c2ccc(Cl)cc2)C2CCOCC2)N2C[C@H]1CCCS2(=O)=O. The number of sulfonamides is 1. The van der Waals surface area contributed by atoms with Gasteiger partial charge in [0, 0.05) is 55.7 Å². The molecular weight excluding hydrogens is 626 g/mol. The predicted molar refractivity (Wildman–Crippen MR) is 180 cm³/mol. The van der Waals surface area contributed by atoms with Gasteiger partial charge in [-0.15, -0.1) is 0 Å². The van der Waals surface area contributed by atoms with Crippen LogP contribution in [0, 0.1) is 17.8 Å². The van der Waals surface area contributed by atoms with Crippen LogP contribution in [0.2, 0.25) is 5.02 Å². The predicted octanol–water partition coefficient (Wildman–Crippen LogP) is 6.14. The number of carbonyl (C=O) groups excluding carboxylic acids is 2. The van der Waals surface area contributed by atoms with Gasteiger partial charge in [-0.1, -0.05) is 43.0 Å². The highest BCUT2D eigenvalue weighted by atomic mass is 35.5. The molecule has 11 heteroatoms. The van der Waals surface area contributed by atoms with Gasteiger partial charge in [-0.2, -0.15) is 4.31 Å². The Morgan fingerprint density at radius 2 is 1.65 bits per heavy atom. The molecule has 1 amide bonds. The van der Waals surface area contributed by atoms with E-state index < -0.39 is 21.7 Å². The van der Waals surface area contributed by atoms with Crippen LogP contribution in [0.3, 0.4) is 0 Å². The van der Waals surface area contributed by atoms with Crippen LogP contribution in [0.25, 0.3) is 0 Å². The number of nitrogens with two attached hydrogens (primary N) is 1. The average Bonchev–Trinajstić information content (AvgIpc) is 3.13. The molecule has 4 fully saturated rings. The maximum Gasteiger partial charge on any atom is 0.410 e. The number of ketones is 1. The van der Waals surface area contributed by atoms with Crippen molar-refractivity contribution in [1.29, 1.82) is 0 Å². The molecule has 1 aliphatic carbocycles. The molecular formula is C35H54ClN3O6S. The Kier molecular flexibility index (Phi) is 11.8. The number of Topliss-reactive ketones (excluding diaryl/α,β-unsaturated/α-hetero) is 1. The molecule has 7 atom stereocenters. The van der Waals surface area contributed by atoms with Crippen LogP contribution in [-0.2, 0) is 24.3 Å². The first-order valence-corrected chi connectivity index (χ1v) is 19.4. The zero-order valence-electron chi connectivity index (χ0n) is 27.9. The molecule has 1 aromatic carbocycles. The third-order valence-electron chi connectivity index (χ3n) is 10.8. The maximum atomic E-state index is 14.0. The molecule has 3 saturated heterocycles. The highest BCUT2D eigenvalue weighted by Gasteiger charge is 2.45. The summed E-state index contributed by atoms with van der Waals surface area (Å²) in [5, 5.41) is 0.662. The standard InChI is InChI=1S/C35H54ClN3O6S/c1-35(2,3)45-34(41)38-22-30(39-23-29(38)9-6-20-46(39,42)43)15-12-24-7-4-5-8-27(24)21-31(40)33(37)32(26-16-18-44-19-17-26)25-10-13-28(36)14-11-25/h10-11,13-14,24,26-27,29-30,32-33H,4-9,12,15-23,37H2,1-3H3/t24-,27-,29-,30+,32+,33-/m1/s1. The number of amides is 1. The minimum Gasteiger partial charge on any atom is -0.444 e. The van der Waals surface area contributed by atoms with Crippen LogP contribution in [-0.4, -0.2) is 85.3 Å². The molecule has 3 aliphatic heterocycles. The fraction of sp³-hybridized carbons (Fsp3) is 0.771. The van der Waals surface area contributed by atoms with Gasteiger partial charge in [-0.05, 0) is 101 Å². The zero-order chi connectivity index (χ0) is 33.1. The van der Waals surface area contributed by atoms with E-state index in [4.69, 9.17) is 26.8 Å². The smallest absolute Gasteiger partial charge is 0.410 e. The van der Waals surface area contributed by atoms with E-state index in [0.717, 1.165) is 50.5 Å². The van der Waals surface area contributed by atoms with Gasteiger partial charge in [0.15, 0.2) is 0 Å². The minimum atomic E-state index is -3.40. The second-order valence-corrected chi connectivity index (χ2v) is 17.6. The topological polar surface area (TPSA) is 119 Å². The Morgan fingerprint density at radius 3 is 2.33 bits per heavy atom. The van der Waals surface area contributed by atoms with Gasteiger partial charge in [0.2, 0.25) is 10.0 Å². The third-order valence-corrected chi connectivity index (χ3v) is 13.0. The maximum absolute atomic E-state index is 14.0. The van der Waals surface area contributed by atoms with Gasteiger partial charge < -0.3 is 20.1 Å². The Hall–Kier alpha value is -1.72. The van der Waals surface area contributed by atoms with Crippen molar-refractivity contribution in [2.24, 2.45) is 23.5 Å². The number of nitrogens with zero attached hydrogens (tertiary/aromatic N) is 2. The largest absolute Gasteiger partial charge is 0.444 e. The van der Waals surface area contributed by atoms with Gasteiger partial charge in [-0.3, -0.25) is 4.79 Å². The first kappa shape index (κ1) is 35.6. The van der Waals surface area contributed by atoms with Crippen LogP contribution < -0.4 is 5.73 Å². The molecule has 1 saturated carbocycles. The molecule has 5 rings (SSSR count). The van der Waals surface area contributed by atoms with Gasteiger partial charge in [0.1, 0.15) is 11.4 Å². The van der Waals surface area contributed by atoms with Crippen molar-refractivity contribution in [3.63, 3.8) is 0 Å². The summed E-state index contributed by atoms with van der Waals surface area (Å²) in [6.07, 6.45) is 8.68. The summed E-state index contributed by atoms with van der Waals surface area (Å²) in [6.45, 7) is 7.59. The number of halogens is 1. The number of piperazine rings is 1. The van der Waals surface area contributed by atoms with Crippen LogP contribution >= 0.6 is 11.6 Å². The molecule has 9 nitrogen and oxygen atoms in total. The summed E-state index contributed by atoms with van der Waals surface area (Å²) in [7, 11) is -3.40. The number of hydrogen-bond acceptors (Lipinski definition) is 7. The van der Waals surface area contributed by atoms with Crippen molar-refractivity contribution in [1.82, 2.24) is 9.21 Å². The molecule has 2 N–H and O–H groups in total. The molecule has 258 valence electrons. The fourth-order valence-corrected chi connectivity index (χ4v) is 10.3. The van der Waals surface area contributed by atoms with Crippen molar-refractivity contribution in [2.45, 2.75) is 121 Å². The first-order chi connectivity index (χ1) is 21.8. The lowest BCUT2D eigenvalue weighted by molar-refractivity contribution is -0.123. The number of hydrogen-bond donors (Lipinski definition) is 1. The van der Waals surface area contributed by atoms with Gasteiger partial charge in [0.05, 0.1) is 11.8 Å². The van der Waals surface area contributed by atoms with E-state index in [0.29, 0.717) is 62.9 Å². The normalized spacial score (nSPS) is 30.2. The summed E-state index contributed by atoms with van der Waals surface area (Å²) in [4.78, 5) is 29.0. The van der Waals surface area contributed by atoms with E-state index in [1.165, 1.54) is 0 Å². The summed E-state index contributed by atoms with van der Waals surface area (Å²) < 4.78 is 39.7. The lowest BCUT2D eigenvalue weighted by Gasteiger charge is -2.45. The van der Waals surface area contributed by atoms with E-state index in [9.17, 15) is 18.0 Å². The molecule has 0 spiro atoms. The zero-order valence-corrected chi connectivity index (χ0v) is 29.4. The van der Waals surface area contributed by atoms with Crippen LogP contribution in [0.5, 0.6) is 0 Å². The van der Waals surface area contributed by atoms with E-state index in [1.807, 2.05) is 45.0 Å². The fourth-order valence-electron chi connectivity index (χ4n) is 8.38. The summed E-state index contributed by atoms with van der Waals surface area (Å²) in [6, 6.07) is 6.69. The molecule has 2 bridgehead atoms. The van der Waals surface area contributed by atoms with Crippen molar-refractivity contribution < 1.29 is 27.5 Å². The van der Waals surface area contributed by atoms with Gasteiger partial charge >= 0.3 is 6.09 Å². The Balaban J connectivity index is 1.27. The summed E-state index contributed by atoms with van der Waals surface area (Å²) in [5.74, 6) is 0.932. The molecule has 3 heterocycles. The lowest BCUT2D eigenvalue weighted by Crippen LogP contribution is -2.60. The molecule has 4 aliphatic rings. The molecule has 1 aromatic rings. The van der Waals surface area contributed by atoms with E-state index in [-0.39, 0.29) is 47.5 Å². The van der Waals surface area contributed by atoms with Crippen molar-refractivity contribution in [2.75, 3.05) is 32.1 Å². The van der Waals surface area contributed by atoms with Crippen molar-refractivity contribution >= 4 is 33.5 Å². The Bertz CT molecular complexity index is 1300. The van der Waals surface area contributed by atoms with Gasteiger partial charge in [-0.25, -0.2) is 13.2 Å². The second-order valence-electron chi connectivity index (χ2n) is 15.1. The summed E-state index contributed by atoms with van der Waals surface area (Å²) >= 11 is 6.20. The Morgan fingerprint density at radius 1 is 0.978 bits per heavy atom. The third kappa shape index (κ3) is 8.84. The minimum absolute atomic E-state index is 0.0852. The van der Waals surface area contributed by atoms with Crippen molar-refractivity contribution in [3.05, 3.63) is 34.9 Å². The van der Waals surface area contributed by atoms with E-state index in [2.05, 4.69) is 0 Å². The number of carbonyl (C=O) groups is 2. The molecule has 0 aromatic heterocycles.